The second-order valence-electron chi connectivity index (χ2n) is 6.12. The van der Waals surface area contributed by atoms with Crippen LogP contribution in [-0.4, -0.2) is 16.0 Å². The SMILES string of the molecule is CC[C@@H](C)c1ccc(-c2csc(NC(=O)c3c(C)noc3C)n2)cc1. The number of aryl methyl sites for hydroxylation is 2. The van der Waals surface area contributed by atoms with Crippen LogP contribution in [0.1, 0.15) is 53.6 Å². The molecule has 2 heterocycles. The fourth-order valence-electron chi connectivity index (χ4n) is 2.65. The molecule has 0 fully saturated rings. The molecule has 0 aliphatic carbocycles. The second kappa shape index (κ2) is 7.19. The molecule has 130 valence electrons. The first-order valence-corrected chi connectivity index (χ1v) is 9.17. The van der Waals surface area contributed by atoms with Gasteiger partial charge in [0.1, 0.15) is 11.3 Å². The second-order valence-corrected chi connectivity index (χ2v) is 6.98. The third-order valence-electron chi connectivity index (χ3n) is 4.37. The highest BCUT2D eigenvalue weighted by Crippen LogP contribution is 2.27. The summed E-state index contributed by atoms with van der Waals surface area (Å²) in [6, 6.07) is 8.45. The number of rotatable bonds is 5. The van der Waals surface area contributed by atoms with E-state index in [1.165, 1.54) is 16.9 Å². The average Bonchev–Trinajstić information content (AvgIpc) is 3.20. The molecule has 25 heavy (non-hydrogen) atoms. The normalized spacial score (nSPS) is 12.2. The topological polar surface area (TPSA) is 68.0 Å². The fraction of sp³-hybridized carbons (Fsp3) is 0.316. The molecule has 6 heteroatoms. The highest BCUT2D eigenvalue weighted by atomic mass is 32.1. The number of hydrogen-bond donors (Lipinski definition) is 1. The van der Waals surface area contributed by atoms with Crippen LogP contribution in [0.4, 0.5) is 5.13 Å². The summed E-state index contributed by atoms with van der Waals surface area (Å²) in [4.78, 5) is 16.9. The van der Waals surface area contributed by atoms with Crippen LogP contribution < -0.4 is 5.32 Å². The maximum atomic E-state index is 12.4. The summed E-state index contributed by atoms with van der Waals surface area (Å²) < 4.78 is 5.04. The molecule has 0 spiro atoms. The van der Waals surface area contributed by atoms with Gasteiger partial charge in [0.15, 0.2) is 5.13 Å². The molecule has 0 saturated carbocycles. The van der Waals surface area contributed by atoms with Crippen molar-refractivity contribution in [1.82, 2.24) is 10.1 Å². The van der Waals surface area contributed by atoms with Gasteiger partial charge in [-0.25, -0.2) is 4.98 Å². The van der Waals surface area contributed by atoms with Crippen molar-refractivity contribution < 1.29 is 9.32 Å². The highest BCUT2D eigenvalue weighted by molar-refractivity contribution is 7.14. The van der Waals surface area contributed by atoms with Crippen molar-refractivity contribution in [3.05, 3.63) is 52.2 Å². The van der Waals surface area contributed by atoms with E-state index in [1.54, 1.807) is 13.8 Å². The number of thiazole rings is 1. The lowest BCUT2D eigenvalue weighted by atomic mass is 9.97. The maximum Gasteiger partial charge on any atom is 0.262 e. The van der Waals surface area contributed by atoms with Gasteiger partial charge in [0.2, 0.25) is 0 Å². The van der Waals surface area contributed by atoms with Crippen LogP contribution in [0.3, 0.4) is 0 Å². The molecule has 0 bridgehead atoms. The molecule has 1 amide bonds. The first-order valence-electron chi connectivity index (χ1n) is 8.29. The van der Waals surface area contributed by atoms with Crippen LogP contribution in [0.15, 0.2) is 34.2 Å². The highest BCUT2D eigenvalue weighted by Gasteiger charge is 2.18. The van der Waals surface area contributed by atoms with E-state index in [4.69, 9.17) is 4.52 Å². The molecular weight excluding hydrogens is 334 g/mol. The number of carbonyl (C=O) groups is 1. The standard InChI is InChI=1S/C19H21N3O2S/c1-5-11(2)14-6-8-15(9-7-14)16-10-25-19(20-16)21-18(23)17-12(3)22-24-13(17)4/h6-11H,5H2,1-4H3,(H,20,21,23)/t11-/m1/s1. The van der Waals surface area contributed by atoms with E-state index in [1.807, 2.05) is 5.38 Å². The maximum absolute atomic E-state index is 12.4. The summed E-state index contributed by atoms with van der Waals surface area (Å²) in [5.74, 6) is 0.811. The molecule has 0 radical (unpaired) electrons. The Kier molecular flexibility index (Phi) is 4.99. The molecular formula is C19H21N3O2S. The predicted octanol–water partition coefficient (Wildman–Crippen LogP) is 5.18. The Morgan fingerprint density at radius 1 is 1.28 bits per heavy atom. The summed E-state index contributed by atoms with van der Waals surface area (Å²) >= 11 is 1.40. The molecule has 1 N–H and O–H groups in total. The lowest BCUT2D eigenvalue weighted by Gasteiger charge is -2.08. The number of carbonyl (C=O) groups excluding carboxylic acids is 1. The van der Waals surface area contributed by atoms with Gasteiger partial charge < -0.3 is 4.52 Å². The van der Waals surface area contributed by atoms with Crippen molar-refractivity contribution in [1.29, 1.82) is 0 Å². The molecule has 0 aliphatic rings. The summed E-state index contributed by atoms with van der Waals surface area (Å²) in [6.45, 7) is 7.88. The van der Waals surface area contributed by atoms with Crippen LogP contribution in [0, 0.1) is 13.8 Å². The number of anilines is 1. The van der Waals surface area contributed by atoms with E-state index in [0.717, 1.165) is 17.7 Å². The Bertz CT molecular complexity index is 861. The van der Waals surface area contributed by atoms with Crippen LogP contribution in [0.5, 0.6) is 0 Å². The summed E-state index contributed by atoms with van der Waals surface area (Å²) in [7, 11) is 0. The first-order chi connectivity index (χ1) is 12.0. The largest absolute Gasteiger partial charge is 0.361 e. The van der Waals surface area contributed by atoms with E-state index in [-0.39, 0.29) is 5.91 Å². The minimum absolute atomic E-state index is 0.246. The Hall–Kier alpha value is -2.47. The zero-order valence-corrected chi connectivity index (χ0v) is 15.6. The number of hydrogen-bond acceptors (Lipinski definition) is 5. The Balaban J connectivity index is 1.75. The number of nitrogens with zero attached hydrogens (tertiary/aromatic N) is 2. The molecule has 1 aromatic carbocycles. The zero-order valence-electron chi connectivity index (χ0n) is 14.8. The van der Waals surface area contributed by atoms with Crippen molar-refractivity contribution in [2.45, 2.75) is 40.0 Å². The lowest BCUT2D eigenvalue weighted by Crippen LogP contribution is -2.13. The Morgan fingerprint density at radius 3 is 2.60 bits per heavy atom. The summed E-state index contributed by atoms with van der Waals surface area (Å²) in [5.41, 5.74) is 4.27. The predicted molar refractivity (Wildman–Crippen MR) is 100 cm³/mol. The van der Waals surface area contributed by atoms with Crippen LogP contribution in [-0.2, 0) is 0 Å². The van der Waals surface area contributed by atoms with E-state index in [2.05, 4.69) is 53.6 Å². The van der Waals surface area contributed by atoms with Gasteiger partial charge in [0, 0.05) is 10.9 Å². The Labute approximate surface area is 151 Å². The number of amides is 1. The number of nitrogens with one attached hydrogen (secondary N) is 1. The molecule has 3 rings (SSSR count). The molecule has 0 saturated heterocycles. The van der Waals surface area contributed by atoms with Gasteiger partial charge in [0.05, 0.1) is 11.4 Å². The van der Waals surface area contributed by atoms with E-state index >= 15 is 0 Å². The Morgan fingerprint density at radius 2 is 2.00 bits per heavy atom. The van der Waals surface area contributed by atoms with Crippen molar-refractivity contribution >= 4 is 22.4 Å². The third-order valence-corrected chi connectivity index (χ3v) is 5.13. The number of aromatic nitrogens is 2. The van der Waals surface area contributed by atoms with Gasteiger partial charge >= 0.3 is 0 Å². The smallest absolute Gasteiger partial charge is 0.262 e. The van der Waals surface area contributed by atoms with Gasteiger partial charge in [-0.05, 0) is 31.7 Å². The van der Waals surface area contributed by atoms with Gasteiger partial charge in [-0.15, -0.1) is 11.3 Å². The van der Waals surface area contributed by atoms with E-state index < -0.39 is 0 Å². The van der Waals surface area contributed by atoms with Crippen molar-refractivity contribution in [3.8, 4) is 11.3 Å². The molecule has 0 aliphatic heterocycles. The van der Waals surface area contributed by atoms with Gasteiger partial charge in [0.25, 0.3) is 5.91 Å². The van der Waals surface area contributed by atoms with Gasteiger partial charge in [-0.1, -0.05) is 43.3 Å². The minimum Gasteiger partial charge on any atom is -0.361 e. The molecule has 0 unspecified atom stereocenters. The monoisotopic (exact) mass is 355 g/mol. The number of benzene rings is 1. The molecule has 3 aromatic rings. The lowest BCUT2D eigenvalue weighted by molar-refractivity contribution is 0.102. The van der Waals surface area contributed by atoms with Gasteiger partial charge in [-0.3, -0.25) is 10.1 Å². The van der Waals surface area contributed by atoms with Crippen molar-refractivity contribution in [2.75, 3.05) is 5.32 Å². The third kappa shape index (κ3) is 3.64. The molecule has 5 nitrogen and oxygen atoms in total. The molecule has 2 aromatic heterocycles. The zero-order chi connectivity index (χ0) is 18.0. The van der Waals surface area contributed by atoms with Crippen LogP contribution in [0.25, 0.3) is 11.3 Å². The van der Waals surface area contributed by atoms with E-state index in [0.29, 0.717) is 28.1 Å². The first kappa shape index (κ1) is 17.4. The summed E-state index contributed by atoms with van der Waals surface area (Å²) in [5, 5.41) is 9.14. The van der Waals surface area contributed by atoms with Crippen molar-refractivity contribution in [2.24, 2.45) is 0 Å². The summed E-state index contributed by atoms with van der Waals surface area (Å²) in [6.07, 6.45) is 1.12. The van der Waals surface area contributed by atoms with Crippen molar-refractivity contribution in [3.63, 3.8) is 0 Å². The average molecular weight is 355 g/mol. The minimum atomic E-state index is -0.246. The van der Waals surface area contributed by atoms with E-state index in [9.17, 15) is 4.79 Å². The van der Waals surface area contributed by atoms with Crippen LogP contribution >= 0.6 is 11.3 Å². The fourth-order valence-corrected chi connectivity index (χ4v) is 3.36. The molecule has 1 atom stereocenters. The van der Waals surface area contributed by atoms with Gasteiger partial charge in [-0.2, -0.15) is 0 Å². The quantitative estimate of drug-likeness (QED) is 0.684. The van der Waals surface area contributed by atoms with Crippen LogP contribution in [0.2, 0.25) is 0 Å².